The number of hydrogen-bond acceptors (Lipinski definition) is 3. The smallest absolute Gasteiger partial charge is 0.0502 e. The highest BCUT2D eigenvalue weighted by atomic mass is 16.5. The molecule has 114 valence electrons. The molecule has 1 rings (SSSR count). The normalized spacial score (nSPS) is 23.5. The third kappa shape index (κ3) is 6.73. The van der Waals surface area contributed by atoms with Crippen molar-refractivity contribution in [1.82, 2.24) is 10.2 Å². The second-order valence-corrected chi connectivity index (χ2v) is 7.03. The van der Waals surface area contributed by atoms with Crippen molar-refractivity contribution >= 4 is 0 Å². The van der Waals surface area contributed by atoms with E-state index < -0.39 is 0 Å². The Kier molecular flexibility index (Phi) is 7.33. The van der Waals surface area contributed by atoms with Crippen molar-refractivity contribution in [2.24, 2.45) is 5.92 Å². The fourth-order valence-corrected chi connectivity index (χ4v) is 2.97. The summed E-state index contributed by atoms with van der Waals surface area (Å²) in [6, 6.07) is 0.684. The molecule has 0 aromatic heterocycles. The summed E-state index contributed by atoms with van der Waals surface area (Å²) in [5.74, 6) is 0.729. The second kappa shape index (κ2) is 8.23. The zero-order chi connectivity index (χ0) is 14.3. The molecule has 0 aliphatic carbocycles. The maximum Gasteiger partial charge on any atom is 0.0502 e. The van der Waals surface area contributed by atoms with E-state index in [-0.39, 0.29) is 5.54 Å². The Hall–Kier alpha value is -0.120. The lowest BCUT2D eigenvalue weighted by Crippen LogP contribution is -2.50. The Morgan fingerprint density at radius 3 is 2.68 bits per heavy atom. The van der Waals surface area contributed by atoms with E-state index in [1.807, 2.05) is 7.11 Å². The average molecular weight is 270 g/mol. The van der Waals surface area contributed by atoms with Crippen LogP contribution < -0.4 is 5.32 Å². The van der Waals surface area contributed by atoms with Gasteiger partial charge in [0.05, 0.1) is 6.61 Å². The topological polar surface area (TPSA) is 24.5 Å². The number of piperidine rings is 1. The van der Waals surface area contributed by atoms with Crippen LogP contribution in [0.2, 0.25) is 0 Å². The summed E-state index contributed by atoms with van der Waals surface area (Å²) in [5, 5.41) is 3.68. The van der Waals surface area contributed by atoms with Crippen LogP contribution in [0, 0.1) is 5.92 Å². The van der Waals surface area contributed by atoms with Crippen LogP contribution in [0.25, 0.3) is 0 Å². The molecular formula is C16H34N2O. The molecule has 0 amide bonds. The lowest BCUT2D eigenvalue weighted by atomic mass is 9.96. The van der Waals surface area contributed by atoms with Gasteiger partial charge in [0.25, 0.3) is 0 Å². The van der Waals surface area contributed by atoms with E-state index in [4.69, 9.17) is 4.74 Å². The Labute approximate surface area is 120 Å². The van der Waals surface area contributed by atoms with Gasteiger partial charge >= 0.3 is 0 Å². The summed E-state index contributed by atoms with van der Waals surface area (Å²) in [5.41, 5.74) is 0.216. The highest BCUT2D eigenvalue weighted by Gasteiger charge is 2.26. The van der Waals surface area contributed by atoms with Crippen LogP contribution in [-0.2, 0) is 4.74 Å². The standard InChI is InChI=1S/C16H34N2O/c1-6-8-15(11-17-16(2,3)4)18-10-7-9-14(12-18)13-19-5/h14-15,17H,6-13H2,1-5H3. The van der Waals surface area contributed by atoms with Gasteiger partial charge in [0, 0.05) is 31.8 Å². The molecule has 0 saturated carbocycles. The Morgan fingerprint density at radius 1 is 1.37 bits per heavy atom. The summed E-state index contributed by atoms with van der Waals surface area (Å²) in [7, 11) is 1.82. The minimum absolute atomic E-state index is 0.216. The molecule has 1 fully saturated rings. The molecule has 0 bridgehead atoms. The van der Waals surface area contributed by atoms with Crippen molar-refractivity contribution in [1.29, 1.82) is 0 Å². The molecule has 0 spiro atoms. The number of nitrogens with zero attached hydrogens (tertiary/aromatic N) is 1. The zero-order valence-corrected chi connectivity index (χ0v) is 13.7. The van der Waals surface area contributed by atoms with Gasteiger partial charge in [-0.3, -0.25) is 4.90 Å². The van der Waals surface area contributed by atoms with Crippen molar-refractivity contribution in [3.05, 3.63) is 0 Å². The lowest BCUT2D eigenvalue weighted by molar-refractivity contribution is 0.0633. The molecule has 0 aromatic rings. The molecular weight excluding hydrogens is 236 g/mol. The first-order valence-electron chi connectivity index (χ1n) is 7.94. The maximum absolute atomic E-state index is 5.34. The fourth-order valence-electron chi connectivity index (χ4n) is 2.97. The van der Waals surface area contributed by atoms with Crippen molar-refractivity contribution in [2.75, 3.05) is 33.4 Å². The van der Waals surface area contributed by atoms with Gasteiger partial charge in [0.1, 0.15) is 0 Å². The minimum Gasteiger partial charge on any atom is -0.384 e. The number of hydrogen-bond donors (Lipinski definition) is 1. The molecule has 1 aliphatic rings. The first kappa shape index (κ1) is 16.9. The number of ether oxygens (including phenoxy) is 1. The Balaban J connectivity index is 2.49. The van der Waals surface area contributed by atoms with E-state index in [0.29, 0.717) is 6.04 Å². The third-order valence-electron chi connectivity index (χ3n) is 3.96. The molecule has 1 saturated heterocycles. The number of nitrogens with one attached hydrogen (secondary N) is 1. The van der Waals surface area contributed by atoms with E-state index in [0.717, 1.165) is 19.1 Å². The molecule has 0 aromatic carbocycles. The number of rotatable bonds is 7. The van der Waals surface area contributed by atoms with E-state index in [9.17, 15) is 0 Å². The first-order valence-corrected chi connectivity index (χ1v) is 7.94. The highest BCUT2D eigenvalue weighted by Crippen LogP contribution is 2.20. The van der Waals surface area contributed by atoms with Gasteiger partial charge in [-0.25, -0.2) is 0 Å². The predicted molar refractivity (Wildman–Crippen MR) is 82.6 cm³/mol. The summed E-state index contributed by atoms with van der Waals surface area (Å²) < 4.78 is 5.34. The molecule has 1 heterocycles. The molecule has 2 atom stereocenters. The molecule has 3 nitrogen and oxygen atoms in total. The van der Waals surface area contributed by atoms with Crippen LogP contribution in [0.15, 0.2) is 0 Å². The molecule has 19 heavy (non-hydrogen) atoms. The molecule has 0 radical (unpaired) electrons. The van der Waals surface area contributed by atoms with Crippen LogP contribution in [0.4, 0.5) is 0 Å². The van der Waals surface area contributed by atoms with Gasteiger partial charge in [-0.05, 0) is 52.5 Å². The number of likely N-dealkylation sites (tertiary alicyclic amines) is 1. The van der Waals surface area contributed by atoms with E-state index in [2.05, 4.69) is 37.9 Å². The lowest BCUT2D eigenvalue weighted by Gasteiger charge is -2.39. The van der Waals surface area contributed by atoms with Gasteiger partial charge < -0.3 is 10.1 Å². The Morgan fingerprint density at radius 2 is 2.11 bits per heavy atom. The van der Waals surface area contributed by atoms with Gasteiger partial charge in [0.15, 0.2) is 0 Å². The largest absolute Gasteiger partial charge is 0.384 e. The molecule has 2 unspecified atom stereocenters. The maximum atomic E-state index is 5.34. The molecule has 1 aliphatic heterocycles. The minimum atomic E-state index is 0.216. The van der Waals surface area contributed by atoms with Crippen molar-refractivity contribution in [3.63, 3.8) is 0 Å². The Bertz CT molecular complexity index is 235. The van der Waals surface area contributed by atoms with E-state index >= 15 is 0 Å². The summed E-state index contributed by atoms with van der Waals surface area (Å²) in [4.78, 5) is 2.69. The fraction of sp³-hybridized carbons (Fsp3) is 1.00. The predicted octanol–water partition coefficient (Wildman–Crippen LogP) is 2.90. The zero-order valence-electron chi connectivity index (χ0n) is 13.7. The quantitative estimate of drug-likeness (QED) is 0.770. The molecule has 1 N–H and O–H groups in total. The van der Waals surface area contributed by atoms with Crippen molar-refractivity contribution in [3.8, 4) is 0 Å². The van der Waals surface area contributed by atoms with Crippen LogP contribution in [0.1, 0.15) is 53.4 Å². The molecule has 3 heteroatoms. The van der Waals surface area contributed by atoms with Crippen molar-refractivity contribution in [2.45, 2.75) is 65.0 Å². The first-order chi connectivity index (χ1) is 8.96. The van der Waals surface area contributed by atoms with Gasteiger partial charge in [-0.1, -0.05) is 13.3 Å². The summed E-state index contributed by atoms with van der Waals surface area (Å²) >= 11 is 0. The van der Waals surface area contributed by atoms with Crippen LogP contribution in [0.5, 0.6) is 0 Å². The summed E-state index contributed by atoms with van der Waals surface area (Å²) in [6.45, 7) is 13.5. The van der Waals surface area contributed by atoms with Crippen LogP contribution in [-0.4, -0.2) is 49.8 Å². The monoisotopic (exact) mass is 270 g/mol. The van der Waals surface area contributed by atoms with Crippen LogP contribution in [0.3, 0.4) is 0 Å². The third-order valence-corrected chi connectivity index (χ3v) is 3.96. The van der Waals surface area contributed by atoms with E-state index in [1.54, 1.807) is 0 Å². The van der Waals surface area contributed by atoms with E-state index in [1.165, 1.54) is 38.8 Å². The van der Waals surface area contributed by atoms with Gasteiger partial charge in [0.2, 0.25) is 0 Å². The SMILES string of the molecule is CCCC(CNC(C)(C)C)N1CCCC(COC)C1. The number of methoxy groups -OCH3 is 1. The highest BCUT2D eigenvalue weighted by molar-refractivity contribution is 4.83. The average Bonchev–Trinajstić information content (AvgIpc) is 2.34. The van der Waals surface area contributed by atoms with Crippen LogP contribution >= 0.6 is 0 Å². The van der Waals surface area contributed by atoms with Gasteiger partial charge in [-0.2, -0.15) is 0 Å². The van der Waals surface area contributed by atoms with Crippen molar-refractivity contribution < 1.29 is 4.74 Å². The summed E-state index contributed by atoms with van der Waals surface area (Å²) in [6.07, 6.45) is 5.21. The van der Waals surface area contributed by atoms with Gasteiger partial charge in [-0.15, -0.1) is 0 Å². The second-order valence-electron chi connectivity index (χ2n) is 7.03.